The Kier molecular flexibility index (Phi) is 5.36. The molecule has 0 amide bonds. The number of hydrogen-bond acceptors (Lipinski definition) is 3. The molecule has 0 aliphatic heterocycles. The highest BCUT2D eigenvalue weighted by Gasteiger charge is 2.14. The van der Waals surface area contributed by atoms with Gasteiger partial charge in [0.05, 0.1) is 6.33 Å². The molecule has 0 saturated carbocycles. The summed E-state index contributed by atoms with van der Waals surface area (Å²) < 4.78 is 2.97. The largest absolute Gasteiger partial charge is 0.339 e. The number of hydrogen-bond donors (Lipinski definition) is 1. The summed E-state index contributed by atoms with van der Waals surface area (Å²) in [4.78, 5) is 31.9. The van der Waals surface area contributed by atoms with E-state index in [1.807, 2.05) is 0 Å². The molecule has 0 spiro atoms. The Morgan fingerprint density at radius 1 is 1.00 bits per heavy atom. The van der Waals surface area contributed by atoms with Gasteiger partial charge in [0.15, 0.2) is 5.65 Å². The van der Waals surface area contributed by atoms with Gasteiger partial charge in [-0.1, -0.05) is 39.5 Å². The lowest BCUT2D eigenvalue weighted by atomic mass is 10.2. The monoisotopic (exact) mass is 292 g/mol. The van der Waals surface area contributed by atoms with Crippen molar-refractivity contribution in [1.29, 1.82) is 0 Å². The molecule has 21 heavy (non-hydrogen) atoms. The van der Waals surface area contributed by atoms with E-state index in [0.29, 0.717) is 24.3 Å². The predicted molar refractivity (Wildman–Crippen MR) is 83.7 cm³/mol. The average molecular weight is 292 g/mol. The van der Waals surface area contributed by atoms with Crippen molar-refractivity contribution < 1.29 is 0 Å². The maximum Gasteiger partial charge on any atom is 0.332 e. The number of nitrogens with zero attached hydrogens (tertiary/aromatic N) is 3. The summed E-state index contributed by atoms with van der Waals surface area (Å²) in [6.07, 6.45) is 7.54. The molecule has 1 N–H and O–H groups in total. The Morgan fingerprint density at radius 3 is 2.43 bits per heavy atom. The lowest BCUT2D eigenvalue weighted by Gasteiger charge is -2.10. The van der Waals surface area contributed by atoms with Crippen molar-refractivity contribution in [3.05, 3.63) is 27.2 Å². The van der Waals surface area contributed by atoms with Crippen LogP contribution in [0.4, 0.5) is 0 Å². The molecule has 2 rings (SSSR count). The fourth-order valence-corrected chi connectivity index (χ4v) is 2.52. The third kappa shape index (κ3) is 3.25. The number of aryl methyl sites for hydroxylation is 1. The first kappa shape index (κ1) is 15.5. The Bertz CT molecular complexity index is 696. The zero-order valence-electron chi connectivity index (χ0n) is 12.9. The van der Waals surface area contributed by atoms with E-state index >= 15 is 0 Å². The third-order valence-electron chi connectivity index (χ3n) is 3.77. The van der Waals surface area contributed by atoms with Gasteiger partial charge in [-0.15, -0.1) is 0 Å². The predicted octanol–water partition coefficient (Wildman–Crippen LogP) is 2.27. The topological polar surface area (TPSA) is 72.7 Å². The van der Waals surface area contributed by atoms with Crippen LogP contribution >= 0.6 is 0 Å². The smallest absolute Gasteiger partial charge is 0.332 e. The summed E-state index contributed by atoms with van der Waals surface area (Å²) in [5.41, 5.74) is 0.422. The fraction of sp³-hybridized carbons (Fsp3) is 0.667. The summed E-state index contributed by atoms with van der Waals surface area (Å²) in [7, 11) is 0. The van der Waals surface area contributed by atoms with Crippen LogP contribution in [-0.2, 0) is 13.1 Å². The summed E-state index contributed by atoms with van der Waals surface area (Å²) >= 11 is 0. The molecule has 6 nitrogen and oxygen atoms in total. The minimum absolute atomic E-state index is 0.232. The summed E-state index contributed by atoms with van der Waals surface area (Å²) in [5, 5.41) is 0. The number of nitrogens with one attached hydrogen (secondary N) is 1. The molecule has 0 radical (unpaired) electrons. The molecule has 0 aliphatic rings. The molecule has 116 valence electrons. The Hall–Kier alpha value is -1.85. The van der Waals surface area contributed by atoms with Crippen LogP contribution in [0.15, 0.2) is 15.9 Å². The minimum atomic E-state index is -0.253. The van der Waals surface area contributed by atoms with E-state index < -0.39 is 0 Å². The number of rotatable bonds is 8. The average Bonchev–Trinajstić information content (AvgIpc) is 2.96. The SMILES string of the molecule is CCCCCCn1c(=O)c2[nH]cnc2n(CCCC)c1=O. The maximum absolute atomic E-state index is 12.5. The lowest BCUT2D eigenvalue weighted by Crippen LogP contribution is -2.40. The molecule has 0 aromatic carbocycles. The fourth-order valence-electron chi connectivity index (χ4n) is 2.52. The van der Waals surface area contributed by atoms with Crippen LogP contribution in [0.25, 0.3) is 11.2 Å². The number of unbranched alkanes of at least 4 members (excludes halogenated alkanes) is 4. The second-order valence-electron chi connectivity index (χ2n) is 5.41. The Balaban J connectivity index is 2.39. The standard InChI is InChI=1S/C15H24N4O2/c1-3-5-7-8-10-19-14(20)12-13(17-11-16-12)18(15(19)21)9-6-4-2/h11H,3-10H2,1-2H3,(H,16,17). The molecule has 0 saturated heterocycles. The zero-order valence-corrected chi connectivity index (χ0v) is 12.9. The third-order valence-corrected chi connectivity index (χ3v) is 3.77. The summed E-state index contributed by atoms with van der Waals surface area (Å²) in [6, 6.07) is 0. The number of H-pyrrole nitrogens is 1. The quantitative estimate of drug-likeness (QED) is 0.759. The first-order valence-corrected chi connectivity index (χ1v) is 7.87. The van der Waals surface area contributed by atoms with E-state index in [0.717, 1.165) is 38.5 Å². The van der Waals surface area contributed by atoms with Crippen LogP contribution in [0.1, 0.15) is 52.4 Å². The van der Waals surface area contributed by atoms with E-state index in [4.69, 9.17) is 0 Å². The van der Waals surface area contributed by atoms with Crippen molar-refractivity contribution in [2.24, 2.45) is 0 Å². The summed E-state index contributed by atoms with van der Waals surface area (Å²) in [5.74, 6) is 0. The molecule has 6 heteroatoms. The van der Waals surface area contributed by atoms with Gasteiger partial charge in [-0.2, -0.15) is 0 Å². The molecule has 0 fully saturated rings. The van der Waals surface area contributed by atoms with Gasteiger partial charge in [0.2, 0.25) is 0 Å². The van der Waals surface area contributed by atoms with Crippen LogP contribution in [0.3, 0.4) is 0 Å². The normalized spacial score (nSPS) is 11.3. The molecule has 2 aromatic rings. The molecular formula is C15H24N4O2. The van der Waals surface area contributed by atoms with Crippen LogP contribution in [0.2, 0.25) is 0 Å². The van der Waals surface area contributed by atoms with Gasteiger partial charge in [-0.3, -0.25) is 13.9 Å². The van der Waals surface area contributed by atoms with E-state index in [-0.39, 0.29) is 11.2 Å². The first-order valence-electron chi connectivity index (χ1n) is 7.87. The van der Waals surface area contributed by atoms with Crippen LogP contribution in [-0.4, -0.2) is 19.1 Å². The summed E-state index contributed by atoms with van der Waals surface area (Å²) in [6.45, 7) is 5.30. The number of fused-ring (bicyclic) bond motifs is 1. The maximum atomic E-state index is 12.5. The molecule has 0 atom stereocenters. The van der Waals surface area contributed by atoms with Crippen molar-refractivity contribution in [2.75, 3.05) is 0 Å². The Labute approximate surface area is 123 Å². The van der Waals surface area contributed by atoms with Gasteiger partial charge in [0.25, 0.3) is 5.56 Å². The second-order valence-corrected chi connectivity index (χ2v) is 5.41. The van der Waals surface area contributed by atoms with Crippen LogP contribution in [0.5, 0.6) is 0 Å². The molecule has 2 heterocycles. The highest BCUT2D eigenvalue weighted by molar-refractivity contribution is 5.68. The Morgan fingerprint density at radius 2 is 1.71 bits per heavy atom. The molecular weight excluding hydrogens is 268 g/mol. The van der Waals surface area contributed by atoms with Gasteiger partial charge in [-0.05, 0) is 12.8 Å². The lowest BCUT2D eigenvalue weighted by molar-refractivity contribution is 0.515. The molecule has 0 unspecified atom stereocenters. The van der Waals surface area contributed by atoms with Gasteiger partial charge in [0.1, 0.15) is 5.52 Å². The van der Waals surface area contributed by atoms with E-state index in [1.165, 1.54) is 10.9 Å². The van der Waals surface area contributed by atoms with Crippen molar-refractivity contribution in [3.63, 3.8) is 0 Å². The van der Waals surface area contributed by atoms with Gasteiger partial charge < -0.3 is 4.98 Å². The second kappa shape index (κ2) is 7.24. The van der Waals surface area contributed by atoms with Gasteiger partial charge in [0, 0.05) is 13.1 Å². The van der Waals surface area contributed by atoms with Gasteiger partial charge in [-0.25, -0.2) is 9.78 Å². The van der Waals surface area contributed by atoms with E-state index in [9.17, 15) is 9.59 Å². The van der Waals surface area contributed by atoms with Crippen LogP contribution in [0, 0.1) is 0 Å². The number of aromatic nitrogens is 4. The highest BCUT2D eigenvalue weighted by Crippen LogP contribution is 2.05. The van der Waals surface area contributed by atoms with Crippen molar-refractivity contribution in [3.8, 4) is 0 Å². The molecule has 0 bridgehead atoms. The van der Waals surface area contributed by atoms with Crippen molar-refractivity contribution in [2.45, 2.75) is 65.5 Å². The van der Waals surface area contributed by atoms with Gasteiger partial charge >= 0.3 is 5.69 Å². The number of aromatic amines is 1. The zero-order chi connectivity index (χ0) is 15.2. The highest BCUT2D eigenvalue weighted by atomic mass is 16.2. The van der Waals surface area contributed by atoms with Crippen molar-refractivity contribution in [1.82, 2.24) is 19.1 Å². The van der Waals surface area contributed by atoms with Crippen molar-refractivity contribution >= 4 is 11.2 Å². The molecule has 2 aromatic heterocycles. The first-order chi connectivity index (χ1) is 10.2. The van der Waals surface area contributed by atoms with E-state index in [2.05, 4.69) is 23.8 Å². The minimum Gasteiger partial charge on any atom is -0.339 e. The van der Waals surface area contributed by atoms with E-state index in [1.54, 1.807) is 4.57 Å². The molecule has 0 aliphatic carbocycles. The van der Waals surface area contributed by atoms with Crippen LogP contribution < -0.4 is 11.2 Å². The number of imidazole rings is 1.